The molecular weight excluding hydrogens is 243 g/mol. The zero-order chi connectivity index (χ0) is 13.4. The number of fused-ring (bicyclic) bond motifs is 3. The van der Waals surface area contributed by atoms with Crippen LogP contribution in [0.4, 0.5) is 4.39 Å². The number of esters is 1. The molecule has 2 nitrogen and oxygen atoms in total. The first-order valence-corrected chi connectivity index (χ1v) is 5.90. The van der Waals surface area contributed by atoms with E-state index in [0.29, 0.717) is 16.3 Å². The van der Waals surface area contributed by atoms with Gasteiger partial charge in [-0.05, 0) is 28.3 Å². The fraction of sp³-hybridized carbons (Fsp3) is 0.0625. The molecule has 94 valence electrons. The Morgan fingerprint density at radius 2 is 1.79 bits per heavy atom. The van der Waals surface area contributed by atoms with E-state index in [9.17, 15) is 9.18 Å². The molecule has 0 fully saturated rings. The van der Waals surface area contributed by atoms with Gasteiger partial charge in [0.1, 0.15) is 5.82 Å². The van der Waals surface area contributed by atoms with Gasteiger partial charge in [0.25, 0.3) is 0 Å². The quantitative estimate of drug-likeness (QED) is 0.486. The monoisotopic (exact) mass is 254 g/mol. The van der Waals surface area contributed by atoms with Crippen molar-refractivity contribution in [3.8, 4) is 0 Å². The summed E-state index contributed by atoms with van der Waals surface area (Å²) in [4.78, 5) is 11.8. The van der Waals surface area contributed by atoms with Crippen LogP contribution in [-0.4, -0.2) is 13.1 Å². The molecule has 3 rings (SSSR count). The van der Waals surface area contributed by atoms with Gasteiger partial charge in [-0.1, -0.05) is 36.4 Å². The highest BCUT2D eigenvalue weighted by atomic mass is 19.1. The summed E-state index contributed by atoms with van der Waals surface area (Å²) in [5.74, 6) is -0.791. The first-order valence-electron chi connectivity index (χ1n) is 5.90. The Kier molecular flexibility index (Phi) is 2.67. The van der Waals surface area contributed by atoms with Crippen molar-refractivity contribution in [3.63, 3.8) is 0 Å². The molecule has 0 bridgehead atoms. The van der Waals surface area contributed by atoms with E-state index in [4.69, 9.17) is 4.74 Å². The van der Waals surface area contributed by atoms with Crippen molar-refractivity contribution in [2.45, 2.75) is 0 Å². The molecular formula is C16H11FO2. The van der Waals surface area contributed by atoms with Crippen molar-refractivity contribution in [2.75, 3.05) is 7.11 Å². The van der Waals surface area contributed by atoms with Crippen molar-refractivity contribution >= 4 is 27.5 Å². The maximum absolute atomic E-state index is 14.1. The lowest BCUT2D eigenvalue weighted by Crippen LogP contribution is -2.02. The average Bonchev–Trinajstić information content (AvgIpc) is 2.45. The van der Waals surface area contributed by atoms with E-state index in [2.05, 4.69) is 0 Å². The van der Waals surface area contributed by atoms with E-state index in [-0.39, 0.29) is 5.82 Å². The number of methoxy groups -OCH3 is 1. The SMILES string of the molecule is COC(=O)c1cc2ccccc2c2c(F)cccc12. The molecule has 0 aliphatic carbocycles. The number of ether oxygens (including phenoxy) is 1. The molecule has 0 saturated carbocycles. The van der Waals surface area contributed by atoms with Crippen LogP contribution in [0, 0.1) is 5.82 Å². The second-order valence-corrected chi connectivity index (χ2v) is 4.30. The summed E-state index contributed by atoms with van der Waals surface area (Å²) in [6.07, 6.45) is 0. The lowest BCUT2D eigenvalue weighted by molar-refractivity contribution is 0.0603. The van der Waals surface area contributed by atoms with Gasteiger partial charge in [-0.2, -0.15) is 0 Å². The number of halogens is 1. The summed E-state index contributed by atoms with van der Waals surface area (Å²) in [6, 6.07) is 13.9. The smallest absolute Gasteiger partial charge is 0.338 e. The zero-order valence-electron chi connectivity index (χ0n) is 10.3. The zero-order valence-corrected chi connectivity index (χ0v) is 10.3. The summed E-state index contributed by atoms with van der Waals surface area (Å²) in [6.45, 7) is 0. The van der Waals surface area contributed by atoms with Crippen LogP contribution in [0.3, 0.4) is 0 Å². The van der Waals surface area contributed by atoms with E-state index in [1.807, 2.05) is 24.3 Å². The number of hydrogen-bond acceptors (Lipinski definition) is 2. The lowest BCUT2D eigenvalue weighted by Gasteiger charge is -2.09. The van der Waals surface area contributed by atoms with Gasteiger partial charge in [-0.25, -0.2) is 9.18 Å². The molecule has 0 aromatic heterocycles. The maximum atomic E-state index is 14.1. The van der Waals surface area contributed by atoms with Crippen LogP contribution >= 0.6 is 0 Å². The summed E-state index contributed by atoms with van der Waals surface area (Å²) >= 11 is 0. The van der Waals surface area contributed by atoms with Crippen LogP contribution in [-0.2, 0) is 4.74 Å². The third-order valence-corrected chi connectivity index (χ3v) is 3.24. The summed E-state index contributed by atoms with van der Waals surface area (Å²) in [5.41, 5.74) is 0.385. The fourth-order valence-corrected chi connectivity index (χ4v) is 2.38. The van der Waals surface area contributed by atoms with Crippen LogP contribution in [0.2, 0.25) is 0 Å². The highest BCUT2D eigenvalue weighted by Crippen LogP contribution is 2.30. The van der Waals surface area contributed by atoms with Crippen molar-refractivity contribution in [1.29, 1.82) is 0 Å². The van der Waals surface area contributed by atoms with Crippen molar-refractivity contribution in [3.05, 3.63) is 59.9 Å². The first kappa shape index (κ1) is 11.7. The predicted molar refractivity (Wildman–Crippen MR) is 72.8 cm³/mol. The Morgan fingerprint density at radius 3 is 2.58 bits per heavy atom. The number of hydrogen-bond donors (Lipinski definition) is 0. The molecule has 19 heavy (non-hydrogen) atoms. The van der Waals surface area contributed by atoms with Gasteiger partial charge in [-0.15, -0.1) is 0 Å². The molecule has 0 aliphatic rings. The van der Waals surface area contributed by atoms with E-state index in [1.54, 1.807) is 18.2 Å². The molecule has 3 aromatic rings. The van der Waals surface area contributed by atoms with Crippen LogP contribution < -0.4 is 0 Å². The largest absolute Gasteiger partial charge is 0.465 e. The highest BCUT2D eigenvalue weighted by molar-refractivity contribution is 6.16. The van der Waals surface area contributed by atoms with Gasteiger partial charge >= 0.3 is 5.97 Å². The third-order valence-electron chi connectivity index (χ3n) is 3.24. The van der Waals surface area contributed by atoms with Crippen LogP contribution in [0.25, 0.3) is 21.5 Å². The maximum Gasteiger partial charge on any atom is 0.338 e. The standard InChI is InChI=1S/C16H11FO2/c1-19-16(18)13-9-10-5-2-3-6-11(10)15-12(13)7-4-8-14(15)17/h2-9H,1H3. The Hall–Kier alpha value is -2.42. The minimum atomic E-state index is -0.457. The normalized spacial score (nSPS) is 10.8. The second kappa shape index (κ2) is 4.35. The number of rotatable bonds is 1. The molecule has 0 aliphatic heterocycles. The third kappa shape index (κ3) is 1.74. The van der Waals surface area contributed by atoms with Crippen molar-refractivity contribution < 1.29 is 13.9 Å². The van der Waals surface area contributed by atoms with Crippen LogP contribution in [0.15, 0.2) is 48.5 Å². The van der Waals surface area contributed by atoms with Crippen LogP contribution in [0.1, 0.15) is 10.4 Å². The van der Waals surface area contributed by atoms with E-state index in [1.165, 1.54) is 13.2 Å². The number of carbonyl (C=O) groups is 1. The van der Waals surface area contributed by atoms with Gasteiger partial charge in [0, 0.05) is 5.39 Å². The summed E-state index contributed by atoms with van der Waals surface area (Å²) in [7, 11) is 1.32. The number of benzene rings is 3. The molecule has 0 radical (unpaired) electrons. The minimum absolute atomic E-state index is 0.334. The number of carbonyl (C=O) groups excluding carboxylic acids is 1. The summed E-state index contributed by atoms with van der Waals surface area (Å²) in [5, 5.41) is 2.65. The highest BCUT2D eigenvalue weighted by Gasteiger charge is 2.15. The molecule has 0 amide bonds. The first-order chi connectivity index (χ1) is 9.22. The molecule has 0 unspecified atom stereocenters. The Labute approximate surface area is 109 Å². The molecule has 3 aromatic carbocycles. The minimum Gasteiger partial charge on any atom is -0.465 e. The molecule has 0 N–H and O–H groups in total. The molecule has 0 spiro atoms. The average molecular weight is 254 g/mol. The van der Waals surface area contributed by atoms with Gasteiger partial charge in [-0.3, -0.25) is 0 Å². The second-order valence-electron chi connectivity index (χ2n) is 4.30. The molecule has 3 heteroatoms. The van der Waals surface area contributed by atoms with Crippen LogP contribution in [0.5, 0.6) is 0 Å². The van der Waals surface area contributed by atoms with E-state index in [0.717, 1.165) is 10.8 Å². The fourth-order valence-electron chi connectivity index (χ4n) is 2.38. The molecule has 0 heterocycles. The van der Waals surface area contributed by atoms with E-state index >= 15 is 0 Å². The topological polar surface area (TPSA) is 26.3 Å². The van der Waals surface area contributed by atoms with E-state index < -0.39 is 5.97 Å². The Balaban J connectivity index is 2.56. The van der Waals surface area contributed by atoms with Gasteiger partial charge in [0.2, 0.25) is 0 Å². The van der Waals surface area contributed by atoms with Gasteiger partial charge in [0.05, 0.1) is 12.7 Å². The van der Waals surface area contributed by atoms with Crippen molar-refractivity contribution in [2.24, 2.45) is 0 Å². The lowest BCUT2D eigenvalue weighted by atomic mass is 9.97. The van der Waals surface area contributed by atoms with Gasteiger partial charge in [0.15, 0.2) is 0 Å². The Bertz CT molecular complexity index is 793. The van der Waals surface area contributed by atoms with Gasteiger partial charge < -0.3 is 4.74 Å². The molecule has 0 saturated heterocycles. The Morgan fingerprint density at radius 1 is 1.05 bits per heavy atom. The van der Waals surface area contributed by atoms with Crippen molar-refractivity contribution in [1.82, 2.24) is 0 Å². The summed E-state index contributed by atoms with van der Waals surface area (Å²) < 4.78 is 18.9. The molecule has 0 atom stereocenters. The predicted octanol–water partition coefficient (Wildman–Crippen LogP) is 3.92.